The van der Waals surface area contributed by atoms with Crippen LogP contribution in [0, 0.1) is 0 Å². The topological polar surface area (TPSA) is 95.5 Å². The largest absolute Gasteiger partial charge is 0.478 e. The van der Waals surface area contributed by atoms with Gasteiger partial charge in [-0.2, -0.15) is 0 Å². The van der Waals surface area contributed by atoms with E-state index in [9.17, 15) is 14.4 Å². The summed E-state index contributed by atoms with van der Waals surface area (Å²) < 4.78 is 0.477. The van der Waals surface area contributed by atoms with Crippen molar-refractivity contribution >= 4 is 39.4 Å². The predicted molar refractivity (Wildman–Crippen MR) is 70.9 cm³/mol. The number of carboxylic acid groups (broad SMARTS) is 1. The Hall–Kier alpha value is -1.89. The Bertz CT molecular complexity index is 559. The van der Waals surface area contributed by atoms with Gasteiger partial charge in [0.1, 0.15) is 6.04 Å². The molecular weight excluding hydrogens is 316 g/mol. The van der Waals surface area contributed by atoms with E-state index in [2.05, 4.69) is 26.6 Å². The van der Waals surface area contributed by atoms with Crippen LogP contribution in [0.3, 0.4) is 0 Å². The molecular formula is C12H11BrN2O4. The SMILES string of the molecule is O=C1CCC(C(=O)Nc2ccc(C(=O)O)cc2Br)N1. The fourth-order valence-electron chi connectivity index (χ4n) is 1.78. The first-order valence-electron chi connectivity index (χ1n) is 5.60. The molecule has 1 heterocycles. The Morgan fingerprint density at radius 2 is 2.16 bits per heavy atom. The summed E-state index contributed by atoms with van der Waals surface area (Å²) in [6, 6.07) is 3.78. The van der Waals surface area contributed by atoms with Crippen molar-refractivity contribution in [3.05, 3.63) is 28.2 Å². The van der Waals surface area contributed by atoms with Gasteiger partial charge >= 0.3 is 5.97 Å². The van der Waals surface area contributed by atoms with Crippen molar-refractivity contribution in [2.45, 2.75) is 18.9 Å². The average Bonchev–Trinajstić information content (AvgIpc) is 2.78. The minimum Gasteiger partial charge on any atom is -0.478 e. The number of halogens is 1. The van der Waals surface area contributed by atoms with Crippen LogP contribution in [-0.2, 0) is 9.59 Å². The summed E-state index contributed by atoms with van der Waals surface area (Å²) in [5.74, 6) is -1.49. The molecule has 6 nitrogen and oxygen atoms in total. The summed E-state index contributed by atoms with van der Waals surface area (Å²) in [6.45, 7) is 0. The van der Waals surface area contributed by atoms with Crippen LogP contribution in [0.5, 0.6) is 0 Å². The Kier molecular flexibility index (Phi) is 3.84. The number of aromatic carboxylic acids is 1. The summed E-state index contributed by atoms with van der Waals surface area (Å²) in [7, 11) is 0. The fourth-order valence-corrected chi connectivity index (χ4v) is 2.26. The highest BCUT2D eigenvalue weighted by molar-refractivity contribution is 9.10. The minimum absolute atomic E-state index is 0.124. The van der Waals surface area contributed by atoms with E-state index in [1.165, 1.54) is 18.2 Å². The Morgan fingerprint density at radius 1 is 1.42 bits per heavy atom. The maximum Gasteiger partial charge on any atom is 0.335 e. The summed E-state index contributed by atoms with van der Waals surface area (Å²) in [5.41, 5.74) is 0.593. The minimum atomic E-state index is -1.04. The summed E-state index contributed by atoms with van der Waals surface area (Å²) in [6.07, 6.45) is 0.812. The van der Waals surface area contributed by atoms with E-state index in [1.807, 2.05) is 0 Å². The lowest BCUT2D eigenvalue weighted by atomic mass is 10.2. The standard InChI is InChI=1S/C12H11BrN2O4/c13-7-5-6(12(18)19)1-2-8(7)15-11(17)9-3-4-10(16)14-9/h1-2,5,9H,3-4H2,(H,14,16)(H,15,17)(H,18,19). The first kappa shape index (κ1) is 13.5. The summed E-state index contributed by atoms with van der Waals surface area (Å²) in [4.78, 5) is 33.7. The third-order valence-corrected chi connectivity index (χ3v) is 3.44. The van der Waals surface area contributed by atoms with Gasteiger partial charge < -0.3 is 15.7 Å². The highest BCUT2D eigenvalue weighted by Crippen LogP contribution is 2.24. The molecule has 0 aliphatic carbocycles. The highest BCUT2D eigenvalue weighted by Gasteiger charge is 2.27. The van der Waals surface area contributed by atoms with Crippen LogP contribution < -0.4 is 10.6 Å². The maximum atomic E-state index is 11.9. The zero-order valence-electron chi connectivity index (χ0n) is 9.77. The number of nitrogens with one attached hydrogen (secondary N) is 2. The predicted octanol–water partition coefficient (Wildman–Crippen LogP) is 1.36. The Morgan fingerprint density at radius 3 is 2.68 bits per heavy atom. The average molecular weight is 327 g/mol. The van der Waals surface area contributed by atoms with Crippen molar-refractivity contribution in [2.24, 2.45) is 0 Å². The highest BCUT2D eigenvalue weighted by atomic mass is 79.9. The van der Waals surface area contributed by atoms with Crippen LogP contribution in [0.15, 0.2) is 22.7 Å². The van der Waals surface area contributed by atoms with Gasteiger partial charge in [-0.3, -0.25) is 9.59 Å². The second-order valence-corrected chi connectivity index (χ2v) is 5.00. The van der Waals surface area contributed by atoms with Gasteiger partial charge in [-0.25, -0.2) is 4.79 Å². The van der Waals surface area contributed by atoms with E-state index in [0.717, 1.165) is 0 Å². The third kappa shape index (κ3) is 3.11. The van der Waals surface area contributed by atoms with Crippen LogP contribution in [0.4, 0.5) is 5.69 Å². The van der Waals surface area contributed by atoms with Crippen LogP contribution in [0.25, 0.3) is 0 Å². The van der Waals surface area contributed by atoms with Gasteiger partial charge in [0.05, 0.1) is 11.3 Å². The monoisotopic (exact) mass is 326 g/mol. The van der Waals surface area contributed by atoms with E-state index in [1.54, 1.807) is 0 Å². The number of carboxylic acids is 1. The Labute approximate surface area is 117 Å². The number of hydrogen-bond donors (Lipinski definition) is 3. The lowest BCUT2D eigenvalue weighted by molar-refractivity contribution is -0.122. The van der Waals surface area contributed by atoms with E-state index in [-0.39, 0.29) is 17.4 Å². The first-order chi connectivity index (χ1) is 8.97. The zero-order chi connectivity index (χ0) is 14.0. The lowest BCUT2D eigenvalue weighted by Crippen LogP contribution is -2.37. The van der Waals surface area contributed by atoms with Gasteiger partial charge in [-0.05, 0) is 40.5 Å². The quantitative estimate of drug-likeness (QED) is 0.781. The van der Waals surface area contributed by atoms with Crippen LogP contribution in [-0.4, -0.2) is 28.9 Å². The van der Waals surface area contributed by atoms with Gasteiger partial charge in [0, 0.05) is 10.9 Å². The zero-order valence-corrected chi connectivity index (χ0v) is 11.4. The van der Waals surface area contributed by atoms with Crippen LogP contribution in [0.2, 0.25) is 0 Å². The van der Waals surface area contributed by atoms with Crippen LogP contribution >= 0.6 is 15.9 Å². The van der Waals surface area contributed by atoms with E-state index in [4.69, 9.17) is 5.11 Å². The molecule has 1 saturated heterocycles. The maximum absolute atomic E-state index is 11.9. The van der Waals surface area contributed by atoms with Crippen molar-refractivity contribution < 1.29 is 19.5 Å². The van der Waals surface area contributed by atoms with Gasteiger partial charge in [-0.15, -0.1) is 0 Å². The van der Waals surface area contributed by atoms with E-state index in [0.29, 0.717) is 23.0 Å². The number of hydrogen-bond acceptors (Lipinski definition) is 3. The molecule has 2 rings (SSSR count). The van der Waals surface area contributed by atoms with Gasteiger partial charge in [0.25, 0.3) is 0 Å². The van der Waals surface area contributed by atoms with E-state index >= 15 is 0 Å². The first-order valence-corrected chi connectivity index (χ1v) is 6.40. The molecule has 1 aliphatic heterocycles. The number of carbonyl (C=O) groups is 3. The molecule has 100 valence electrons. The number of benzene rings is 1. The molecule has 1 aromatic rings. The molecule has 1 aliphatic rings. The summed E-state index contributed by atoms with van der Waals surface area (Å²) in [5, 5.41) is 14.0. The van der Waals surface area contributed by atoms with Gasteiger partial charge in [0.15, 0.2) is 0 Å². The number of amides is 2. The second-order valence-electron chi connectivity index (χ2n) is 4.15. The third-order valence-electron chi connectivity index (χ3n) is 2.79. The normalized spacial score (nSPS) is 17.9. The molecule has 2 amide bonds. The molecule has 0 radical (unpaired) electrons. The molecule has 0 spiro atoms. The summed E-state index contributed by atoms with van der Waals surface area (Å²) >= 11 is 3.20. The van der Waals surface area contributed by atoms with Crippen molar-refractivity contribution in [3.63, 3.8) is 0 Å². The molecule has 1 fully saturated rings. The fraction of sp³-hybridized carbons (Fsp3) is 0.250. The molecule has 0 aromatic heterocycles. The number of anilines is 1. The lowest BCUT2D eigenvalue weighted by Gasteiger charge is -2.12. The second kappa shape index (κ2) is 5.40. The van der Waals surface area contributed by atoms with Crippen molar-refractivity contribution in [1.29, 1.82) is 0 Å². The smallest absolute Gasteiger partial charge is 0.335 e. The van der Waals surface area contributed by atoms with Crippen molar-refractivity contribution in [1.82, 2.24) is 5.32 Å². The molecule has 7 heteroatoms. The van der Waals surface area contributed by atoms with Crippen molar-refractivity contribution in [2.75, 3.05) is 5.32 Å². The molecule has 0 saturated carbocycles. The number of carbonyl (C=O) groups excluding carboxylic acids is 2. The molecule has 1 atom stereocenters. The molecule has 1 aromatic carbocycles. The van der Waals surface area contributed by atoms with Gasteiger partial charge in [-0.1, -0.05) is 0 Å². The van der Waals surface area contributed by atoms with E-state index < -0.39 is 12.0 Å². The molecule has 3 N–H and O–H groups in total. The molecule has 1 unspecified atom stereocenters. The Balaban J connectivity index is 2.09. The molecule has 0 bridgehead atoms. The molecule has 19 heavy (non-hydrogen) atoms. The number of rotatable bonds is 3. The van der Waals surface area contributed by atoms with Crippen molar-refractivity contribution in [3.8, 4) is 0 Å². The van der Waals surface area contributed by atoms with Crippen LogP contribution in [0.1, 0.15) is 23.2 Å². The van der Waals surface area contributed by atoms with Gasteiger partial charge in [0.2, 0.25) is 11.8 Å².